The SMILES string of the molecule is Cc1cccc(CNc2ccc(-c3cnc[nH]3)cc2)c1. The summed E-state index contributed by atoms with van der Waals surface area (Å²) in [6.07, 6.45) is 3.52. The van der Waals surface area contributed by atoms with E-state index in [0.717, 1.165) is 23.5 Å². The van der Waals surface area contributed by atoms with Gasteiger partial charge in [0.15, 0.2) is 0 Å². The Morgan fingerprint density at radius 3 is 2.65 bits per heavy atom. The molecule has 3 rings (SSSR count). The minimum absolute atomic E-state index is 0.838. The van der Waals surface area contributed by atoms with Crippen molar-refractivity contribution in [3.63, 3.8) is 0 Å². The summed E-state index contributed by atoms with van der Waals surface area (Å²) in [5.41, 5.74) is 5.88. The number of anilines is 1. The monoisotopic (exact) mass is 263 g/mol. The molecule has 0 aliphatic heterocycles. The fourth-order valence-corrected chi connectivity index (χ4v) is 2.21. The Bertz CT molecular complexity index is 670. The molecule has 20 heavy (non-hydrogen) atoms. The summed E-state index contributed by atoms with van der Waals surface area (Å²) in [5.74, 6) is 0. The van der Waals surface area contributed by atoms with E-state index in [1.54, 1.807) is 6.33 Å². The van der Waals surface area contributed by atoms with Gasteiger partial charge in [-0.25, -0.2) is 4.98 Å². The largest absolute Gasteiger partial charge is 0.381 e. The van der Waals surface area contributed by atoms with Crippen molar-refractivity contribution in [3.8, 4) is 11.3 Å². The fourth-order valence-electron chi connectivity index (χ4n) is 2.21. The van der Waals surface area contributed by atoms with Gasteiger partial charge in [-0.15, -0.1) is 0 Å². The summed E-state index contributed by atoms with van der Waals surface area (Å²) in [6.45, 7) is 2.95. The van der Waals surface area contributed by atoms with Crippen molar-refractivity contribution in [3.05, 3.63) is 72.2 Å². The number of aryl methyl sites for hydroxylation is 1. The van der Waals surface area contributed by atoms with Crippen LogP contribution in [-0.2, 0) is 6.54 Å². The van der Waals surface area contributed by atoms with Gasteiger partial charge in [-0.1, -0.05) is 42.0 Å². The zero-order valence-corrected chi connectivity index (χ0v) is 11.4. The maximum Gasteiger partial charge on any atom is 0.0924 e. The van der Waals surface area contributed by atoms with Crippen molar-refractivity contribution in [2.75, 3.05) is 5.32 Å². The van der Waals surface area contributed by atoms with Crippen LogP contribution in [0.25, 0.3) is 11.3 Å². The Hall–Kier alpha value is -2.55. The number of hydrogen-bond acceptors (Lipinski definition) is 2. The Morgan fingerprint density at radius 2 is 1.95 bits per heavy atom. The van der Waals surface area contributed by atoms with Crippen molar-refractivity contribution < 1.29 is 0 Å². The zero-order valence-electron chi connectivity index (χ0n) is 11.4. The first-order chi connectivity index (χ1) is 9.81. The van der Waals surface area contributed by atoms with E-state index in [1.165, 1.54) is 11.1 Å². The second-order valence-electron chi connectivity index (χ2n) is 4.89. The molecule has 0 bridgehead atoms. The van der Waals surface area contributed by atoms with E-state index < -0.39 is 0 Å². The first-order valence-electron chi connectivity index (χ1n) is 6.69. The first kappa shape index (κ1) is 12.5. The van der Waals surface area contributed by atoms with Crippen molar-refractivity contribution in [2.24, 2.45) is 0 Å². The van der Waals surface area contributed by atoms with E-state index >= 15 is 0 Å². The van der Waals surface area contributed by atoms with E-state index in [9.17, 15) is 0 Å². The van der Waals surface area contributed by atoms with Crippen molar-refractivity contribution >= 4 is 5.69 Å². The summed E-state index contributed by atoms with van der Waals surface area (Å²) in [4.78, 5) is 7.14. The van der Waals surface area contributed by atoms with Gasteiger partial charge in [0, 0.05) is 12.2 Å². The minimum atomic E-state index is 0.838. The number of hydrogen-bond donors (Lipinski definition) is 2. The van der Waals surface area contributed by atoms with Crippen LogP contribution in [0.2, 0.25) is 0 Å². The molecule has 3 nitrogen and oxygen atoms in total. The lowest BCUT2D eigenvalue weighted by molar-refractivity contribution is 1.14. The van der Waals surface area contributed by atoms with Crippen LogP contribution >= 0.6 is 0 Å². The van der Waals surface area contributed by atoms with Crippen molar-refractivity contribution in [2.45, 2.75) is 13.5 Å². The molecular weight excluding hydrogens is 246 g/mol. The second-order valence-corrected chi connectivity index (χ2v) is 4.89. The van der Waals surface area contributed by atoms with Crippen LogP contribution in [0.3, 0.4) is 0 Å². The van der Waals surface area contributed by atoms with Gasteiger partial charge in [0.1, 0.15) is 0 Å². The third-order valence-corrected chi connectivity index (χ3v) is 3.27. The molecule has 0 aliphatic rings. The molecule has 0 aliphatic carbocycles. The number of H-pyrrole nitrogens is 1. The van der Waals surface area contributed by atoms with E-state index in [4.69, 9.17) is 0 Å². The summed E-state index contributed by atoms with van der Waals surface area (Å²) in [6, 6.07) is 16.9. The second kappa shape index (κ2) is 5.61. The maximum absolute atomic E-state index is 4.03. The molecule has 0 fully saturated rings. The number of aromatic nitrogens is 2. The highest BCUT2D eigenvalue weighted by Gasteiger charge is 1.99. The van der Waals surface area contributed by atoms with Gasteiger partial charge < -0.3 is 10.3 Å². The molecular formula is C17H17N3. The number of nitrogens with one attached hydrogen (secondary N) is 2. The first-order valence-corrected chi connectivity index (χ1v) is 6.69. The van der Waals surface area contributed by atoms with Gasteiger partial charge in [-0.05, 0) is 30.2 Å². The van der Waals surface area contributed by atoms with Crippen LogP contribution in [0, 0.1) is 6.92 Å². The summed E-state index contributed by atoms with van der Waals surface area (Å²) < 4.78 is 0. The molecule has 1 aromatic heterocycles. The van der Waals surface area contributed by atoms with E-state index in [2.05, 4.69) is 70.7 Å². The van der Waals surface area contributed by atoms with Crippen molar-refractivity contribution in [1.82, 2.24) is 9.97 Å². The quantitative estimate of drug-likeness (QED) is 0.747. The molecule has 2 aromatic carbocycles. The maximum atomic E-state index is 4.03. The molecule has 0 saturated heterocycles. The van der Waals surface area contributed by atoms with Gasteiger partial charge in [0.25, 0.3) is 0 Å². The fraction of sp³-hybridized carbons (Fsp3) is 0.118. The van der Waals surface area contributed by atoms with Crippen LogP contribution in [0.15, 0.2) is 61.1 Å². The molecule has 3 aromatic rings. The third kappa shape index (κ3) is 2.88. The highest BCUT2D eigenvalue weighted by molar-refractivity contribution is 5.61. The highest BCUT2D eigenvalue weighted by atomic mass is 14.9. The minimum Gasteiger partial charge on any atom is -0.381 e. The standard InChI is InChI=1S/C17H17N3/c1-13-3-2-4-14(9-13)10-19-16-7-5-15(6-8-16)17-11-18-12-20-17/h2-9,11-12,19H,10H2,1H3,(H,18,20). The number of benzene rings is 2. The van der Waals surface area contributed by atoms with E-state index in [0.29, 0.717) is 0 Å². The van der Waals surface area contributed by atoms with Gasteiger partial charge in [0.05, 0.1) is 18.2 Å². The topological polar surface area (TPSA) is 40.7 Å². The van der Waals surface area contributed by atoms with Crippen LogP contribution in [0.4, 0.5) is 5.69 Å². The van der Waals surface area contributed by atoms with Crippen LogP contribution in [0.5, 0.6) is 0 Å². The van der Waals surface area contributed by atoms with Gasteiger partial charge in [-0.3, -0.25) is 0 Å². The molecule has 3 heteroatoms. The molecule has 2 N–H and O–H groups in total. The third-order valence-electron chi connectivity index (χ3n) is 3.27. The number of imidazole rings is 1. The molecule has 0 saturated carbocycles. The summed E-state index contributed by atoms with van der Waals surface area (Å²) >= 11 is 0. The predicted molar refractivity (Wildman–Crippen MR) is 82.5 cm³/mol. The summed E-state index contributed by atoms with van der Waals surface area (Å²) in [5, 5.41) is 3.43. The van der Waals surface area contributed by atoms with Crippen LogP contribution in [0.1, 0.15) is 11.1 Å². The lowest BCUT2D eigenvalue weighted by Gasteiger charge is -2.08. The molecule has 0 atom stereocenters. The van der Waals surface area contributed by atoms with Gasteiger partial charge >= 0.3 is 0 Å². The number of rotatable bonds is 4. The lowest BCUT2D eigenvalue weighted by atomic mass is 10.1. The molecule has 0 radical (unpaired) electrons. The average molecular weight is 263 g/mol. The highest BCUT2D eigenvalue weighted by Crippen LogP contribution is 2.19. The van der Waals surface area contributed by atoms with Gasteiger partial charge in [0.2, 0.25) is 0 Å². The smallest absolute Gasteiger partial charge is 0.0924 e. The summed E-state index contributed by atoms with van der Waals surface area (Å²) in [7, 11) is 0. The molecule has 0 unspecified atom stereocenters. The molecule has 0 amide bonds. The lowest BCUT2D eigenvalue weighted by Crippen LogP contribution is -1.99. The molecule has 1 heterocycles. The number of nitrogens with zero attached hydrogens (tertiary/aromatic N) is 1. The molecule has 0 spiro atoms. The van der Waals surface area contributed by atoms with Crippen molar-refractivity contribution in [1.29, 1.82) is 0 Å². The Kier molecular flexibility index (Phi) is 3.50. The van der Waals surface area contributed by atoms with Crippen LogP contribution < -0.4 is 5.32 Å². The van der Waals surface area contributed by atoms with E-state index in [-0.39, 0.29) is 0 Å². The average Bonchev–Trinajstić information content (AvgIpc) is 3.00. The predicted octanol–water partition coefficient (Wildman–Crippen LogP) is 4.00. The van der Waals surface area contributed by atoms with Crippen LogP contribution in [-0.4, -0.2) is 9.97 Å². The Balaban J connectivity index is 1.67. The zero-order chi connectivity index (χ0) is 13.8. The molecule has 100 valence electrons. The van der Waals surface area contributed by atoms with Gasteiger partial charge in [-0.2, -0.15) is 0 Å². The normalized spacial score (nSPS) is 10.4. The Labute approximate surface area is 118 Å². The Morgan fingerprint density at radius 1 is 1.10 bits per heavy atom. The number of aromatic amines is 1. The van der Waals surface area contributed by atoms with E-state index in [1.807, 2.05) is 6.20 Å².